The second-order valence-corrected chi connectivity index (χ2v) is 8.82. The van der Waals surface area contributed by atoms with Gasteiger partial charge < -0.3 is 15.0 Å². The highest BCUT2D eigenvalue weighted by Crippen LogP contribution is 2.56. The van der Waals surface area contributed by atoms with E-state index in [0.29, 0.717) is 28.6 Å². The van der Waals surface area contributed by atoms with Gasteiger partial charge in [-0.3, -0.25) is 14.4 Å². The van der Waals surface area contributed by atoms with Gasteiger partial charge in [0.25, 0.3) is 5.91 Å². The third-order valence-electron chi connectivity index (χ3n) is 5.07. The Morgan fingerprint density at radius 3 is 2.62 bits per heavy atom. The Morgan fingerprint density at radius 1 is 1.19 bits per heavy atom. The smallest absolute Gasteiger partial charge is 0.271 e. The Hall–Kier alpha value is -3.04. The molecule has 10 heteroatoms. The van der Waals surface area contributed by atoms with Gasteiger partial charge in [-0.15, -0.1) is 5.10 Å². The molecule has 1 unspecified atom stereocenters. The quantitative estimate of drug-likeness (QED) is 0.736. The number of hydrogen-bond donors (Lipinski definition) is 1. The van der Waals surface area contributed by atoms with Gasteiger partial charge in [0.15, 0.2) is 5.17 Å². The fourth-order valence-corrected chi connectivity index (χ4v) is 5.48. The van der Waals surface area contributed by atoms with Gasteiger partial charge in [0.2, 0.25) is 16.7 Å². The van der Waals surface area contributed by atoms with Crippen LogP contribution in [0.1, 0.15) is 31.9 Å². The average molecular weight is 473 g/mol. The van der Waals surface area contributed by atoms with E-state index in [-0.39, 0.29) is 23.5 Å². The molecule has 0 radical (unpaired) electrons. The first-order valence-corrected chi connectivity index (χ1v) is 11.2. The van der Waals surface area contributed by atoms with Crippen LogP contribution in [0.2, 0.25) is 5.02 Å². The van der Waals surface area contributed by atoms with Crippen molar-refractivity contribution in [3.8, 4) is 5.75 Å². The number of nitrogens with zero attached hydrogens (tertiary/aromatic N) is 3. The number of hydrazone groups is 1. The minimum atomic E-state index is -1.50. The van der Waals surface area contributed by atoms with Gasteiger partial charge in [0.05, 0.1) is 23.9 Å². The summed E-state index contributed by atoms with van der Waals surface area (Å²) in [5.41, 5.74) is 1.84. The number of amides is 3. The van der Waals surface area contributed by atoms with Crippen molar-refractivity contribution in [1.29, 1.82) is 0 Å². The number of carbonyl (C=O) groups excluding carboxylic acids is 3. The van der Waals surface area contributed by atoms with Crippen molar-refractivity contribution in [2.24, 2.45) is 5.10 Å². The Kier molecular flexibility index (Phi) is 5.87. The van der Waals surface area contributed by atoms with E-state index in [1.165, 1.54) is 13.8 Å². The molecule has 1 atom stereocenters. The summed E-state index contributed by atoms with van der Waals surface area (Å²) >= 11 is 7.58. The Morgan fingerprint density at radius 2 is 1.94 bits per heavy atom. The number of halogens is 1. The predicted molar refractivity (Wildman–Crippen MR) is 123 cm³/mol. The SMILES string of the molecule is CCOc1ccccc1CN1C(=O)C2(SC(NC(C)=O)=NN2C(C)=O)c2cccc(Cl)c21. The van der Waals surface area contributed by atoms with Crippen molar-refractivity contribution in [1.82, 2.24) is 10.3 Å². The summed E-state index contributed by atoms with van der Waals surface area (Å²) in [7, 11) is 0. The van der Waals surface area contributed by atoms with Crippen LogP contribution in [0.25, 0.3) is 0 Å². The summed E-state index contributed by atoms with van der Waals surface area (Å²) in [4.78, 5) is 38.2. The van der Waals surface area contributed by atoms with Crippen LogP contribution >= 0.6 is 23.4 Å². The zero-order valence-corrected chi connectivity index (χ0v) is 19.3. The third kappa shape index (κ3) is 3.51. The number of anilines is 1. The molecule has 1 N–H and O–H groups in total. The number of thioether (sulfide) groups is 1. The highest BCUT2D eigenvalue weighted by molar-refractivity contribution is 8.15. The normalized spacial score (nSPS) is 19.2. The zero-order valence-electron chi connectivity index (χ0n) is 17.7. The standard InChI is InChI=1S/C22H21ClN4O4S/c1-4-31-18-11-6-5-8-15(18)12-26-19-16(9-7-10-17(19)23)22(20(26)30)27(14(3)29)25-21(32-22)24-13(2)28/h5-11H,4,12H2,1-3H3,(H,24,25,28). The zero-order chi connectivity index (χ0) is 23.0. The van der Waals surface area contributed by atoms with Crippen LogP contribution < -0.4 is 15.0 Å². The molecule has 3 amide bonds. The first kappa shape index (κ1) is 22.2. The fraction of sp³-hybridized carbons (Fsp3) is 0.273. The van der Waals surface area contributed by atoms with Crippen molar-refractivity contribution in [3.05, 3.63) is 58.6 Å². The topological polar surface area (TPSA) is 91.3 Å². The summed E-state index contributed by atoms with van der Waals surface area (Å²) in [6.45, 7) is 5.22. The van der Waals surface area contributed by atoms with Crippen LogP contribution in [0.5, 0.6) is 5.75 Å². The van der Waals surface area contributed by atoms with Gasteiger partial charge in [-0.05, 0) is 30.8 Å². The molecule has 8 nitrogen and oxygen atoms in total. The average Bonchev–Trinajstić information content (AvgIpc) is 3.22. The molecule has 32 heavy (non-hydrogen) atoms. The molecule has 0 aliphatic carbocycles. The molecule has 4 rings (SSSR count). The molecular formula is C22H21ClN4O4S. The molecule has 1 spiro atoms. The molecule has 2 heterocycles. The molecule has 0 aromatic heterocycles. The summed E-state index contributed by atoms with van der Waals surface area (Å²) in [5.74, 6) is -0.504. The first-order chi connectivity index (χ1) is 15.3. The molecule has 2 aliphatic rings. The highest BCUT2D eigenvalue weighted by Gasteiger charge is 2.61. The van der Waals surface area contributed by atoms with Crippen molar-refractivity contribution in [2.45, 2.75) is 32.2 Å². The van der Waals surface area contributed by atoms with E-state index in [4.69, 9.17) is 16.3 Å². The lowest BCUT2D eigenvalue weighted by molar-refractivity contribution is -0.139. The number of para-hydroxylation sites is 2. The van der Waals surface area contributed by atoms with E-state index in [1.807, 2.05) is 31.2 Å². The number of amidine groups is 1. The minimum Gasteiger partial charge on any atom is -0.494 e. The predicted octanol–water partition coefficient (Wildman–Crippen LogP) is 3.44. The number of carbonyl (C=O) groups is 3. The van der Waals surface area contributed by atoms with Crippen molar-refractivity contribution >= 4 is 51.9 Å². The first-order valence-electron chi connectivity index (χ1n) is 9.97. The summed E-state index contributed by atoms with van der Waals surface area (Å²) in [6.07, 6.45) is 0. The number of hydrogen-bond acceptors (Lipinski definition) is 6. The van der Waals surface area contributed by atoms with Gasteiger partial charge in [-0.1, -0.05) is 41.9 Å². The van der Waals surface area contributed by atoms with Gasteiger partial charge in [-0.2, -0.15) is 5.01 Å². The second-order valence-electron chi connectivity index (χ2n) is 7.23. The van der Waals surface area contributed by atoms with Gasteiger partial charge in [0.1, 0.15) is 5.75 Å². The highest BCUT2D eigenvalue weighted by atomic mass is 35.5. The Balaban J connectivity index is 1.83. The van der Waals surface area contributed by atoms with Crippen LogP contribution in [0.15, 0.2) is 47.6 Å². The molecule has 2 aliphatic heterocycles. The van der Waals surface area contributed by atoms with Crippen LogP contribution in [-0.4, -0.2) is 34.5 Å². The van der Waals surface area contributed by atoms with Gasteiger partial charge in [0, 0.05) is 25.0 Å². The maximum atomic E-state index is 14.0. The van der Waals surface area contributed by atoms with Gasteiger partial charge in [-0.25, -0.2) is 0 Å². The monoisotopic (exact) mass is 472 g/mol. The molecule has 0 fully saturated rings. The van der Waals surface area contributed by atoms with E-state index in [9.17, 15) is 14.4 Å². The summed E-state index contributed by atoms with van der Waals surface area (Å²) < 4.78 is 5.73. The lowest BCUT2D eigenvalue weighted by Crippen LogP contribution is -2.48. The lowest BCUT2D eigenvalue weighted by atomic mass is 10.1. The van der Waals surface area contributed by atoms with E-state index in [1.54, 1.807) is 23.1 Å². The van der Waals surface area contributed by atoms with Crippen molar-refractivity contribution < 1.29 is 19.1 Å². The number of fused-ring (bicyclic) bond motifs is 2. The van der Waals surface area contributed by atoms with Crippen LogP contribution in [0.4, 0.5) is 5.69 Å². The Bertz CT molecular complexity index is 1150. The number of benzene rings is 2. The maximum Gasteiger partial charge on any atom is 0.271 e. The number of nitrogens with one attached hydrogen (secondary N) is 1. The number of ether oxygens (including phenoxy) is 1. The van der Waals surface area contributed by atoms with Crippen LogP contribution in [0.3, 0.4) is 0 Å². The Labute approximate surface area is 194 Å². The molecule has 0 bridgehead atoms. The maximum absolute atomic E-state index is 14.0. The van der Waals surface area contributed by atoms with Crippen molar-refractivity contribution in [2.75, 3.05) is 11.5 Å². The third-order valence-corrected chi connectivity index (χ3v) is 6.62. The molecule has 2 aromatic rings. The molecule has 166 valence electrons. The van der Waals surface area contributed by atoms with E-state index < -0.39 is 10.8 Å². The van der Waals surface area contributed by atoms with Crippen LogP contribution in [0, 0.1) is 0 Å². The number of rotatable bonds is 4. The molecule has 0 saturated carbocycles. The summed E-state index contributed by atoms with van der Waals surface area (Å²) in [5, 5.41) is 8.50. The molecule has 0 saturated heterocycles. The lowest BCUT2D eigenvalue weighted by Gasteiger charge is -2.29. The molecular weight excluding hydrogens is 452 g/mol. The molecule has 2 aromatic carbocycles. The fourth-order valence-electron chi connectivity index (χ4n) is 3.88. The van der Waals surface area contributed by atoms with Crippen molar-refractivity contribution in [3.63, 3.8) is 0 Å². The van der Waals surface area contributed by atoms with E-state index in [2.05, 4.69) is 10.4 Å². The largest absolute Gasteiger partial charge is 0.494 e. The van der Waals surface area contributed by atoms with Gasteiger partial charge >= 0.3 is 0 Å². The van der Waals surface area contributed by atoms with E-state index in [0.717, 1.165) is 22.3 Å². The van der Waals surface area contributed by atoms with E-state index >= 15 is 0 Å². The summed E-state index contributed by atoms with van der Waals surface area (Å²) in [6, 6.07) is 12.6. The second kappa shape index (κ2) is 8.48. The van der Waals surface area contributed by atoms with Crippen LogP contribution in [-0.2, 0) is 25.8 Å². The minimum absolute atomic E-state index is 0.170.